The summed E-state index contributed by atoms with van der Waals surface area (Å²) in [5.74, 6) is 0. The van der Waals surface area contributed by atoms with Crippen molar-refractivity contribution in [1.82, 2.24) is 10.2 Å². The molecule has 2 rings (SSSR count). The minimum absolute atomic E-state index is 0.348. The van der Waals surface area contributed by atoms with Gasteiger partial charge < -0.3 is 15.0 Å². The molecule has 0 aromatic heterocycles. The molecule has 0 saturated carbocycles. The first-order chi connectivity index (χ1) is 9.69. The Labute approximate surface area is 127 Å². The molecule has 1 aliphatic rings. The van der Waals surface area contributed by atoms with Gasteiger partial charge in [0.05, 0.1) is 6.10 Å². The minimum Gasteiger partial charge on any atom is -0.377 e. The number of ether oxygens (including phenoxy) is 1. The van der Waals surface area contributed by atoms with Gasteiger partial charge in [-0.05, 0) is 44.5 Å². The van der Waals surface area contributed by atoms with Gasteiger partial charge in [0, 0.05) is 37.3 Å². The van der Waals surface area contributed by atoms with E-state index >= 15 is 0 Å². The molecule has 1 aliphatic heterocycles. The molecule has 1 heterocycles. The lowest BCUT2D eigenvalue weighted by Crippen LogP contribution is -2.33. The number of nitrogens with one attached hydrogen (secondary N) is 1. The predicted molar refractivity (Wildman–Crippen MR) is 84.3 cm³/mol. The lowest BCUT2D eigenvalue weighted by atomic mass is 10.0. The fraction of sp³-hybridized carbons (Fsp3) is 0.625. The van der Waals surface area contributed by atoms with Crippen LogP contribution in [-0.2, 0) is 4.74 Å². The predicted octanol–water partition coefficient (Wildman–Crippen LogP) is 3.10. The van der Waals surface area contributed by atoms with Crippen molar-refractivity contribution < 1.29 is 4.74 Å². The summed E-state index contributed by atoms with van der Waals surface area (Å²) in [5.41, 5.74) is 1.30. The molecular formula is C16H25ClN2O. The molecule has 0 amide bonds. The lowest BCUT2D eigenvalue weighted by Gasteiger charge is -2.25. The Hall–Kier alpha value is -0.610. The molecule has 4 heteroatoms. The first-order valence-corrected chi connectivity index (χ1v) is 7.83. The summed E-state index contributed by atoms with van der Waals surface area (Å²) in [6.45, 7) is 6.33. The van der Waals surface area contributed by atoms with Gasteiger partial charge in [0.15, 0.2) is 0 Å². The molecule has 2 unspecified atom stereocenters. The quantitative estimate of drug-likeness (QED) is 0.903. The van der Waals surface area contributed by atoms with E-state index in [0.29, 0.717) is 12.1 Å². The van der Waals surface area contributed by atoms with Crippen LogP contribution in [0, 0.1) is 0 Å². The maximum Gasteiger partial charge on any atom is 0.0673 e. The summed E-state index contributed by atoms with van der Waals surface area (Å²) in [7, 11) is 2.02. The number of halogens is 1. The van der Waals surface area contributed by atoms with E-state index in [0.717, 1.165) is 44.1 Å². The van der Waals surface area contributed by atoms with Crippen LogP contribution in [0.1, 0.15) is 31.4 Å². The molecule has 1 fully saturated rings. The summed E-state index contributed by atoms with van der Waals surface area (Å²) < 4.78 is 5.69. The molecule has 1 aromatic carbocycles. The number of benzene rings is 1. The van der Waals surface area contributed by atoms with E-state index in [9.17, 15) is 0 Å². The van der Waals surface area contributed by atoms with Gasteiger partial charge in [0.2, 0.25) is 0 Å². The molecule has 0 spiro atoms. The first kappa shape index (κ1) is 15.8. The highest BCUT2D eigenvalue weighted by molar-refractivity contribution is 6.30. The number of rotatable bonds is 5. The van der Waals surface area contributed by atoms with Crippen molar-refractivity contribution in [3.63, 3.8) is 0 Å². The van der Waals surface area contributed by atoms with Crippen LogP contribution in [-0.4, -0.2) is 44.3 Å². The fourth-order valence-electron chi connectivity index (χ4n) is 2.77. The highest BCUT2D eigenvalue weighted by Gasteiger charge is 2.17. The summed E-state index contributed by atoms with van der Waals surface area (Å²) in [5, 5.41) is 4.20. The van der Waals surface area contributed by atoms with E-state index in [4.69, 9.17) is 16.3 Å². The van der Waals surface area contributed by atoms with Gasteiger partial charge in [0.1, 0.15) is 0 Å². The Morgan fingerprint density at radius 1 is 1.40 bits per heavy atom. The van der Waals surface area contributed by atoms with Crippen molar-refractivity contribution in [1.29, 1.82) is 0 Å². The van der Waals surface area contributed by atoms with Crippen molar-refractivity contribution in [2.24, 2.45) is 0 Å². The van der Waals surface area contributed by atoms with Gasteiger partial charge in [-0.25, -0.2) is 0 Å². The van der Waals surface area contributed by atoms with Crippen LogP contribution in [0.3, 0.4) is 0 Å². The van der Waals surface area contributed by atoms with Crippen LogP contribution in [0.4, 0.5) is 0 Å². The topological polar surface area (TPSA) is 24.5 Å². The zero-order valence-electron chi connectivity index (χ0n) is 12.4. The number of nitrogens with zero attached hydrogens (tertiary/aromatic N) is 1. The van der Waals surface area contributed by atoms with E-state index in [2.05, 4.69) is 29.3 Å². The van der Waals surface area contributed by atoms with Crippen LogP contribution < -0.4 is 5.32 Å². The SMILES string of the molecule is CNC(CCN1CCCOC(C)C1)c1ccc(Cl)cc1. The third-order valence-corrected chi connectivity index (χ3v) is 4.14. The van der Waals surface area contributed by atoms with Crippen LogP contribution in [0.25, 0.3) is 0 Å². The molecule has 3 nitrogen and oxygen atoms in total. The second kappa shape index (κ2) is 7.99. The van der Waals surface area contributed by atoms with Gasteiger partial charge in [-0.1, -0.05) is 23.7 Å². The van der Waals surface area contributed by atoms with Crippen molar-refractivity contribution in [3.8, 4) is 0 Å². The monoisotopic (exact) mass is 296 g/mol. The van der Waals surface area contributed by atoms with Crippen LogP contribution in [0.2, 0.25) is 5.02 Å². The van der Waals surface area contributed by atoms with Gasteiger partial charge in [-0.15, -0.1) is 0 Å². The minimum atomic E-state index is 0.348. The Kier molecular flexibility index (Phi) is 6.30. The zero-order valence-corrected chi connectivity index (χ0v) is 13.2. The Morgan fingerprint density at radius 2 is 2.15 bits per heavy atom. The largest absolute Gasteiger partial charge is 0.377 e. The second-order valence-electron chi connectivity index (χ2n) is 5.52. The molecule has 0 bridgehead atoms. The van der Waals surface area contributed by atoms with Crippen molar-refractivity contribution in [2.45, 2.75) is 31.9 Å². The Balaban J connectivity index is 1.88. The zero-order chi connectivity index (χ0) is 14.4. The summed E-state index contributed by atoms with van der Waals surface area (Å²) in [6.07, 6.45) is 2.58. The van der Waals surface area contributed by atoms with Crippen LogP contribution in [0.5, 0.6) is 0 Å². The molecule has 20 heavy (non-hydrogen) atoms. The molecule has 112 valence electrons. The third-order valence-electron chi connectivity index (χ3n) is 3.89. The van der Waals surface area contributed by atoms with Gasteiger partial charge in [-0.2, -0.15) is 0 Å². The average Bonchev–Trinajstić information content (AvgIpc) is 2.66. The van der Waals surface area contributed by atoms with E-state index in [1.807, 2.05) is 19.2 Å². The summed E-state index contributed by atoms with van der Waals surface area (Å²) in [4.78, 5) is 2.51. The summed E-state index contributed by atoms with van der Waals surface area (Å²) >= 11 is 5.95. The molecular weight excluding hydrogens is 272 g/mol. The third kappa shape index (κ3) is 4.74. The summed E-state index contributed by atoms with van der Waals surface area (Å²) in [6, 6.07) is 8.52. The molecule has 0 radical (unpaired) electrons. The van der Waals surface area contributed by atoms with Crippen molar-refractivity contribution >= 4 is 11.6 Å². The number of hydrogen-bond acceptors (Lipinski definition) is 3. The van der Waals surface area contributed by atoms with E-state index in [1.54, 1.807) is 0 Å². The van der Waals surface area contributed by atoms with Gasteiger partial charge in [0.25, 0.3) is 0 Å². The fourth-order valence-corrected chi connectivity index (χ4v) is 2.89. The Morgan fingerprint density at radius 3 is 2.85 bits per heavy atom. The lowest BCUT2D eigenvalue weighted by molar-refractivity contribution is 0.0672. The molecule has 1 saturated heterocycles. The Bertz CT molecular complexity index is 396. The van der Waals surface area contributed by atoms with E-state index < -0.39 is 0 Å². The first-order valence-electron chi connectivity index (χ1n) is 7.45. The smallest absolute Gasteiger partial charge is 0.0673 e. The molecule has 1 aromatic rings. The molecule has 0 aliphatic carbocycles. The standard InChI is InChI=1S/C16H25ClN2O/c1-13-12-19(9-3-11-20-13)10-8-16(18-2)14-4-6-15(17)7-5-14/h4-7,13,16,18H,3,8-12H2,1-2H3. The normalized spacial score (nSPS) is 22.4. The van der Waals surface area contributed by atoms with E-state index in [-0.39, 0.29) is 0 Å². The van der Waals surface area contributed by atoms with E-state index in [1.165, 1.54) is 5.56 Å². The molecule has 2 atom stereocenters. The van der Waals surface area contributed by atoms with Crippen LogP contribution in [0.15, 0.2) is 24.3 Å². The van der Waals surface area contributed by atoms with Gasteiger partial charge in [-0.3, -0.25) is 0 Å². The maximum absolute atomic E-state index is 5.95. The second-order valence-corrected chi connectivity index (χ2v) is 5.95. The average molecular weight is 297 g/mol. The van der Waals surface area contributed by atoms with Crippen molar-refractivity contribution in [3.05, 3.63) is 34.9 Å². The van der Waals surface area contributed by atoms with Gasteiger partial charge >= 0.3 is 0 Å². The van der Waals surface area contributed by atoms with Crippen molar-refractivity contribution in [2.75, 3.05) is 33.3 Å². The maximum atomic E-state index is 5.95. The highest BCUT2D eigenvalue weighted by atomic mass is 35.5. The van der Waals surface area contributed by atoms with Crippen LogP contribution >= 0.6 is 11.6 Å². The molecule has 1 N–H and O–H groups in total. The number of hydrogen-bond donors (Lipinski definition) is 1. The highest BCUT2D eigenvalue weighted by Crippen LogP contribution is 2.20.